The number of hydrogen-bond acceptors (Lipinski definition) is 3. The van der Waals surface area contributed by atoms with Gasteiger partial charge in [0.15, 0.2) is 0 Å². The molecule has 1 fully saturated rings. The van der Waals surface area contributed by atoms with Gasteiger partial charge in [-0.15, -0.1) is 0 Å². The summed E-state index contributed by atoms with van der Waals surface area (Å²) in [7, 11) is 1.68. The molecule has 0 aliphatic carbocycles. The summed E-state index contributed by atoms with van der Waals surface area (Å²) in [4.78, 5) is 12.1. The van der Waals surface area contributed by atoms with Crippen molar-refractivity contribution in [1.29, 1.82) is 0 Å². The fourth-order valence-electron chi connectivity index (χ4n) is 2.39. The van der Waals surface area contributed by atoms with E-state index in [-0.39, 0.29) is 18.0 Å². The number of amides is 1. The van der Waals surface area contributed by atoms with Crippen LogP contribution in [0.4, 0.5) is 0 Å². The van der Waals surface area contributed by atoms with Crippen LogP contribution in [0.1, 0.15) is 46.0 Å². The zero-order chi connectivity index (χ0) is 12.7. The van der Waals surface area contributed by atoms with Gasteiger partial charge in [-0.3, -0.25) is 4.79 Å². The monoisotopic (exact) mass is 242 g/mol. The van der Waals surface area contributed by atoms with Gasteiger partial charge >= 0.3 is 0 Å². The number of carbonyl (C=O) groups excluding carboxylic acids is 1. The lowest BCUT2D eigenvalue weighted by molar-refractivity contribution is -0.125. The Morgan fingerprint density at radius 2 is 2.29 bits per heavy atom. The molecule has 1 rings (SSSR count). The van der Waals surface area contributed by atoms with E-state index in [9.17, 15) is 4.79 Å². The minimum absolute atomic E-state index is 0.0186. The fraction of sp³-hybridized carbons (Fsp3) is 0.923. The van der Waals surface area contributed by atoms with Crippen molar-refractivity contribution in [3.05, 3.63) is 0 Å². The molecular formula is C13H26N2O2. The second-order valence-corrected chi connectivity index (χ2v) is 5.00. The zero-order valence-corrected chi connectivity index (χ0v) is 11.3. The van der Waals surface area contributed by atoms with E-state index >= 15 is 0 Å². The maximum absolute atomic E-state index is 12.1. The number of hydrogen-bond donors (Lipinski definition) is 2. The van der Waals surface area contributed by atoms with Gasteiger partial charge in [0.25, 0.3) is 0 Å². The molecular weight excluding hydrogens is 216 g/mol. The Bertz CT molecular complexity index is 227. The van der Waals surface area contributed by atoms with Crippen LogP contribution in [0.2, 0.25) is 0 Å². The van der Waals surface area contributed by atoms with Crippen LogP contribution in [0.5, 0.6) is 0 Å². The number of ether oxygens (including phenoxy) is 1. The molecule has 3 atom stereocenters. The van der Waals surface area contributed by atoms with Gasteiger partial charge < -0.3 is 15.4 Å². The summed E-state index contributed by atoms with van der Waals surface area (Å²) >= 11 is 0. The van der Waals surface area contributed by atoms with E-state index < -0.39 is 0 Å². The topological polar surface area (TPSA) is 50.4 Å². The lowest BCUT2D eigenvalue weighted by Crippen LogP contribution is -2.52. The molecule has 0 radical (unpaired) electrons. The minimum atomic E-state index is -0.0186. The molecule has 1 amide bonds. The van der Waals surface area contributed by atoms with Gasteiger partial charge in [-0.2, -0.15) is 0 Å². The first-order valence-corrected chi connectivity index (χ1v) is 6.72. The first-order valence-electron chi connectivity index (χ1n) is 6.72. The number of carbonyl (C=O) groups is 1. The molecule has 0 aromatic heterocycles. The van der Waals surface area contributed by atoms with Crippen LogP contribution in [0.25, 0.3) is 0 Å². The first-order chi connectivity index (χ1) is 8.17. The molecule has 0 spiro atoms. The number of rotatable bonds is 6. The Hall–Kier alpha value is -0.610. The van der Waals surface area contributed by atoms with Crippen molar-refractivity contribution in [3.63, 3.8) is 0 Å². The predicted octanol–water partition coefficient (Wildman–Crippen LogP) is 1.45. The van der Waals surface area contributed by atoms with Crippen LogP contribution in [0.3, 0.4) is 0 Å². The van der Waals surface area contributed by atoms with E-state index in [1.165, 1.54) is 6.42 Å². The third-order valence-electron chi connectivity index (χ3n) is 3.28. The Morgan fingerprint density at radius 1 is 1.53 bits per heavy atom. The number of piperidine rings is 1. The summed E-state index contributed by atoms with van der Waals surface area (Å²) in [5.41, 5.74) is 0. The van der Waals surface area contributed by atoms with Crippen molar-refractivity contribution in [1.82, 2.24) is 10.6 Å². The van der Waals surface area contributed by atoms with Gasteiger partial charge in [0.1, 0.15) is 0 Å². The van der Waals surface area contributed by atoms with E-state index in [2.05, 4.69) is 24.5 Å². The molecule has 1 saturated heterocycles. The molecule has 0 aromatic rings. The summed E-state index contributed by atoms with van der Waals surface area (Å²) in [6.07, 6.45) is 5.28. The third-order valence-corrected chi connectivity index (χ3v) is 3.28. The highest BCUT2D eigenvalue weighted by atomic mass is 16.5. The van der Waals surface area contributed by atoms with E-state index in [1.54, 1.807) is 7.11 Å². The minimum Gasteiger partial charge on any atom is -0.383 e. The highest BCUT2D eigenvalue weighted by molar-refractivity contribution is 5.82. The van der Waals surface area contributed by atoms with Gasteiger partial charge in [0.2, 0.25) is 5.91 Å². The van der Waals surface area contributed by atoms with Crippen molar-refractivity contribution in [2.24, 2.45) is 0 Å². The average molecular weight is 242 g/mol. The van der Waals surface area contributed by atoms with E-state index in [0.29, 0.717) is 12.6 Å². The molecule has 0 aromatic carbocycles. The predicted molar refractivity (Wildman–Crippen MR) is 69.0 cm³/mol. The van der Waals surface area contributed by atoms with E-state index in [4.69, 9.17) is 4.74 Å². The number of nitrogens with one attached hydrogen (secondary N) is 2. The highest BCUT2D eigenvalue weighted by Crippen LogP contribution is 2.12. The fourth-order valence-corrected chi connectivity index (χ4v) is 2.39. The summed E-state index contributed by atoms with van der Waals surface area (Å²) in [6, 6.07) is 0.582. The second-order valence-electron chi connectivity index (χ2n) is 5.00. The summed E-state index contributed by atoms with van der Waals surface area (Å²) < 4.78 is 5.13. The molecule has 17 heavy (non-hydrogen) atoms. The average Bonchev–Trinajstić information content (AvgIpc) is 2.29. The van der Waals surface area contributed by atoms with Crippen LogP contribution in [0, 0.1) is 0 Å². The van der Waals surface area contributed by atoms with Gasteiger partial charge in [-0.05, 0) is 32.6 Å². The summed E-state index contributed by atoms with van der Waals surface area (Å²) in [5, 5.41) is 6.44. The maximum atomic E-state index is 12.1. The molecule has 0 saturated carbocycles. The van der Waals surface area contributed by atoms with Crippen molar-refractivity contribution in [2.75, 3.05) is 13.7 Å². The van der Waals surface area contributed by atoms with Gasteiger partial charge in [0, 0.05) is 13.2 Å². The zero-order valence-electron chi connectivity index (χ0n) is 11.3. The molecule has 1 aliphatic rings. The SMILES string of the molecule is CCCC(COC)NC(=O)C1CCCC(C)N1. The summed E-state index contributed by atoms with van der Waals surface area (Å²) in [6.45, 7) is 4.86. The van der Waals surface area contributed by atoms with Gasteiger partial charge in [-0.1, -0.05) is 13.3 Å². The Morgan fingerprint density at radius 3 is 2.88 bits per heavy atom. The normalized spacial score (nSPS) is 26.5. The van der Waals surface area contributed by atoms with E-state index in [1.807, 2.05) is 0 Å². The van der Waals surface area contributed by atoms with Gasteiger partial charge in [0.05, 0.1) is 18.7 Å². The summed E-state index contributed by atoms with van der Waals surface area (Å²) in [5.74, 6) is 0.132. The van der Waals surface area contributed by atoms with Crippen molar-refractivity contribution in [3.8, 4) is 0 Å². The van der Waals surface area contributed by atoms with Crippen LogP contribution >= 0.6 is 0 Å². The first kappa shape index (κ1) is 14.5. The number of methoxy groups -OCH3 is 1. The van der Waals surface area contributed by atoms with Crippen molar-refractivity contribution >= 4 is 5.91 Å². The molecule has 3 unspecified atom stereocenters. The quantitative estimate of drug-likeness (QED) is 0.741. The molecule has 4 nitrogen and oxygen atoms in total. The lowest BCUT2D eigenvalue weighted by Gasteiger charge is -2.29. The van der Waals surface area contributed by atoms with Crippen LogP contribution in [-0.2, 0) is 9.53 Å². The Labute approximate surface area is 104 Å². The molecule has 1 heterocycles. The smallest absolute Gasteiger partial charge is 0.237 e. The molecule has 4 heteroatoms. The highest BCUT2D eigenvalue weighted by Gasteiger charge is 2.25. The maximum Gasteiger partial charge on any atom is 0.237 e. The second kappa shape index (κ2) is 7.67. The third kappa shape index (κ3) is 5.04. The van der Waals surface area contributed by atoms with Crippen LogP contribution in [-0.4, -0.2) is 37.7 Å². The van der Waals surface area contributed by atoms with Crippen molar-refractivity contribution in [2.45, 2.75) is 64.1 Å². The molecule has 0 bridgehead atoms. The Balaban J connectivity index is 2.39. The standard InChI is InChI=1S/C13H26N2O2/c1-4-6-11(9-17-3)15-13(16)12-8-5-7-10(2)14-12/h10-12,14H,4-9H2,1-3H3,(H,15,16). The lowest BCUT2D eigenvalue weighted by atomic mass is 9.98. The largest absolute Gasteiger partial charge is 0.383 e. The molecule has 2 N–H and O–H groups in total. The molecule has 1 aliphatic heterocycles. The van der Waals surface area contributed by atoms with Crippen LogP contribution < -0.4 is 10.6 Å². The Kier molecular flexibility index (Phi) is 6.52. The van der Waals surface area contributed by atoms with Crippen molar-refractivity contribution < 1.29 is 9.53 Å². The van der Waals surface area contributed by atoms with Crippen LogP contribution in [0.15, 0.2) is 0 Å². The van der Waals surface area contributed by atoms with Gasteiger partial charge in [-0.25, -0.2) is 0 Å². The molecule has 100 valence electrons. The van der Waals surface area contributed by atoms with E-state index in [0.717, 1.165) is 25.7 Å².